The first-order chi connectivity index (χ1) is 10.2. The van der Waals surface area contributed by atoms with E-state index in [1.807, 2.05) is 34.6 Å². The van der Waals surface area contributed by atoms with Crippen LogP contribution in [0.25, 0.3) is 0 Å². The van der Waals surface area contributed by atoms with Gasteiger partial charge in [-0.2, -0.15) is 0 Å². The second-order valence-electron chi connectivity index (χ2n) is 6.59. The topological polar surface area (TPSA) is 27.7 Å². The first-order valence-corrected chi connectivity index (χ1v) is 7.65. The normalized spacial score (nSPS) is 19.5. The van der Waals surface area contributed by atoms with E-state index in [-0.39, 0.29) is 11.2 Å². The Morgan fingerprint density at radius 3 is 2.18 bits per heavy atom. The maximum absolute atomic E-state index is 14.3. The minimum Gasteiger partial charge on any atom is -0.490 e. The maximum atomic E-state index is 14.3. The van der Waals surface area contributed by atoms with Crippen LogP contribution in [0.15, 0.2) is 12.1 Å². The highest BCUT2D eigenvalue weighted by atomic mass is 19.1. The molecule has 1 heterocycles. The van der Waals surface area contributed by atoms with Crippen LogP contribution in [0.1, 0.15) is 47.5 Å². The molecule has 1 saturated heterocycles. The van der Waals surface area contributed by atoms with Crippen LogP contribution in [0, 0.1) is 11.6 Å². The van der Waals surface area contributed by atoms with Gasteiger partial charge in [0.25, 0.3) is 0 Å². The summed E-state index contributed by atoms with van der Waals surface area (Å²) < 4.78 is 45.2. The Kier molecular flexibility index (Phi) is 4.83. The Bertz CT molecular complexity index is 530. The highest BCUT2D eigenvalue weighted by Crippen LogP contribution is 2.37. The number of rotatable bonds is 5. The van der Waals surface area contributed by atoms with Crippen LogP contribution in [0.2, 0.25) is 0 Å². The molecule has 0 spiro atoms. The van der Waals surface area contributed by atoms with Crippen molar-refractivity contribution in [3.63, 3.8) is 0 Å². The lowest BCUT2D eigenvalue weighted by Crippen LogP contribution is -2.41. The van der Waals surface area contributed by atoms with Crippen molar-refractivity contribution in [2.45, 2.75) is 58.7 Å². The van der Waals surface area contributed by atoms with Crippen LogP contribution in [0.3, 0.4) is 0 Å². The molecule has 0 bridgehead atoms. The lowest BCUT2D eigenvalue weighted by atomic mass is 9.78. The minimum absolute atomic E-state index is 0.0546. The highest BCUT2D eigenvalue weighted by molar-refractivity contribution is 6.62. The summed E-state index contributed by atoms with van der Waals surface area (Å²) in [4.78, 5) is 0. The van der Waals surface area contributed by atoms with E-state index in [4.69, 9.17) is 14.0 Å². The van der Waals surface area contributed by atoms with Crippen molar-refractivity contribution in [3.05, 3.63) is 23.8 Å². The molecule has 0 amide bonds. The second kappa shape index (κ2) is 6.16. The van der Waals surface area contributed by atoms with Gasteiger partial charge in [0.2, 0.25) is 0 Å². The second-order valence-corrected chi connectivity index (χ2v) is 6.59. The van der Waals surface area contributed by atoms with Crippen molar-refractivity contribution in [3.8, 4) is 5.75 Å². The van der Waals surface area contributed by atoms with E-state index in [1.165, 1.54) is 0 Å². The molecular weight excluding hydrogens is 289 g/mol. The highest BCUT2D eigenvalue weighted by Gasteiger charge is 2.52. The third-order valence-corrected chi connectivity index (χ3v) is 4.31. The molecule has 0 atom stereocenters. The van der Waals surface area contributed by atoms with Gasteiger partial charge in [0.1, 0.15) is 5.82 Å². The van der Waals surface area contributed by atoms with E-state index < -0.39 is 30.0 Å². The number of unbranched alkanes of at least 4 members (excludes halogenated alkanes) is 1. The summed E-state index contributed by atoms with van der Waals surface area (Å²) in [6, 6.07) is 2.16. The van der Waals surface area contributed by atoms with Gasteiger partial charge in [-0.3, -0.25) is 0 Å². The maximum Gasteiger partial charge on any atom is 0.497 e. The number of halogens is 2. The molecule has 1 aromatic rings. The molecule has 22 heavy (non-hydrogen) atoms. The Morgan fingerprint density at radius 2 is 1.64 bits per heavy atom. The van der Waals surface area contributed by atoms with E-state index in [2.05, 4.69) is 0 Å². The van der Waals surface area contributed by atoms with Crippen LogP contribution >= 0.6 is 0 Å². The van der Waals surface area contributed by atoms with E-state index in [0.717, 1.165) is 25.0 Å². The van der Waals surface area contributed by atoms with Gasteiger partial charge in [-0.25, -0.2) is 8.78 Å². The third kappa shape index (κ3) is 3.28. The largest absolute Gasteiger partial charge is 0.497 e. The van der Waals surface area contributed by atoms with Gasteiger partial charge in [0.15, 0.2) is 11.6 Å². The van der Waals surface area contributed by atoms with Crippen molar-refractivity contribution in [2.75, 3.05) is 6.61 Å². The Hall–Kier alpha value is -1.14. The van der Waals surface area contributed by atoms with Crippen molar-refractivity contribution in [1.82, 2.24) is 0 Å². The standard InChI is InChI=1S/C16H23BF2O3/c1-6-7-8-20-14-10-12(18)11(9-13(14)19)17-21-15(2,3)16(4,5)22-17/h9-10H,6-8H2,1-5H3. The summed E-state index contributed by atoms with van der Waals surface area (Å²) in [6.07, 6.45) is 1.72. The van der Waals surface area contributed by atoms with Crippen LogP contribution in [0.5, 0.6) is 5.75 Å². The lowest BCUT2D eigenvalue weighted by Gasteiger charge is -2.32. The van der Waals surface area contributed by atoms with Crippen molar-refractivity contribution in [2.24, 2.45) is 0 Å². The molecule has 122 valence electrons. The Labute approximate surface area is 131 Å². The first kappa shape index (κ1) is 17.2. The predicted octanol–water partition coefficient (Wildman–Crippen LogP) is 3.44. The van der Waals surface area contributed by atoms with Gasteiger partial charge in [-0.1, -0.05) is 13.3 Å². The van der Waals surface area contributed by atoms with Crippen molar-refractivity contribution < 1.29 is 22.8 Å². The zero-order chi connectivity index (χ0) is 16.5. The molecule has 1 aliphatic heterocycles. The van der Waals surface area contributed by atoms with Crippen LogP contribution < -0.4 is 10.2 Å². The summed E-state index contributed by atoms with van der Waals surface area (Å²) in [6.45, 7) is 9.82. The van der Waals surface area contributed by atoms with Crippen LogP contribution in [0.4, 0.5) is 8.78 Å². The van der Waals surface area contributed by atoms with Gasteiger partial charge < -0.3 is 14.0 Å². The summed E-state index contributed by atoms with van der Waals surface area (Å²) in [7, 11) is -0.927. The molecule has 3 nitrogen and oxygen atoms in total. The molecule has 1 aliphatic rings. The number of hydrogen-bond donors (Lipinski definition) is 0. The molecule has 1 aromatic carbocycles. The summed E-state index contributed by atoms with van der Waals surface area (Å²) >= 11 is 0. The minimum atomic E-state index is -0.927. The fourth-order valence-electron chi connectivity index (χ4n) is 2.13. The third-order valence-electron chi connectivity index (χ3n) is 4.31. The zero-order valence-corrected chi connectivity index (χ0v) is 13.8. The number of hydrogen-bond acceptors (Lipinski definition) is 3. The Balaban J connectivity index is 2.22. The molecule has 0 aromatic heterocycles. The van der Waals surface area contributed by atoms with Gasteiger partial charge in [0, 0.05) is 11.5 Å². The molecule has 6 heteroatoms. The van der Waals surface area contributed by atoms with Gasteiger partial charge in [-0.05, 0) is 40.2 Å². The smallest absolute Gasteiger partial charge is 0.490 e. The molecular formula is C16H23BF2O3. The molecule has 0 saturated carbocycles. The number of benzene rings is 1. The average Bonchev–Trinajstić information content (AvgIpc) is 2.62. The molecule has 0 aliphatic carbocycles. The van der Waals surface area contributed by atoms with Crippen LogP contribution in [-0.4, -0.2) is 24.9 Å². The summed E-state index contributed by atoms with van der Waals surface area (Å²) in [5.74, 6) is -1.28. The molecule has 0 unspecified atom stereocenters. The Morgan fingerprint density at radius 1 is 1.05 bits per heavy atom. The lowest BCUT2D eigenvalue weighted by molar-refractivity contribution is 0.00578. The van der Waals surface area contributed by atoms with E-state index >= 15 is 0 Å². The quantitative estimate of drug-likeness (QED) is 0.616. The van der Waals surface area contributed by atoms with Gasteiger partial charge in [-0.15, -0.1) is 0 Å². The monoisotopic (exact) mass is 312 g/mol. The van der Waals surface area contributed by atoms with Crippen molar-refractivity contribution in [1.29, 1.82) is 0 Å². The van der Waals surface area contributed by atoms with Crippen LogP contribution in [-0.2, 0) is 9.31 Å². The van der Waals surface area contributed by atoms with Crippen molar-refractivity contribution >= 4 is 12.6 Å². The molecule has 0 radical (unpaired) electrons. The van der Waals surface area contributed by atoms with Gasteiger partial charge in [0.05, 0.1) is 17.8 Å². The van der Waals surface area contributed by atoms with E-state index in [1.54, 1.807) is 0 Å². The average molecular weight is 312 g/mol. The summed E-state index contributed by atoms with van der Waals surface area (Å²) in [5, 5.41) is 0. The van der Waals surface area contributed by atoms with E-state index in [0.29, 0.717) is 6.61 Å². The van der Waals surface area contributed by atoms with Gasteiger partial charge >= 0.3 is 7.12 Å². The fraction of sp³-hybridized carbons (Fsp3) is 0.625. The predicted molar refractivity (Wildman–Crippen MR) is 82.5 cm³/mol. The summed E-state index contributed by atoms with van der Waals surface area (Å²) in [5.41, 5.74) is -1.15. The molecule has 2 rings (SSSR count). The SMILES string of the molecule is CCCCOc1cc(F)c(B2OC(C)(C)C(C)(C)O2)cc1F. The molecule has 0 N–H and O–H groups in total. The number of ether oxygens (including phenoxy) is 1. The zero-order valence-electron chi connectivity index (χ0n) is 13.8. The fourth-order valence-corrected chi connectivity index (χ4v) is 2.13. The molecule has 1 fully saturated rings. The van der Waals surface area contributed by atoms with E-state index in [9.17, 15) is 8.78 Å². The first-order valence-electron chi connectivity index (χ1n) is 7.65.